The third-order valence-electron chi connectivity index (χ3n) is 5.67. The lowest BCUT2D eigenvalue weighted by molar-refractivity contribution is -0.274. The van der Waals surface area contributed by atoms with Crippen molar-refractivity contribution in [1.82, 2.24) is 20.0 Å². The molecular weight excluding hydrogens is 455 g/mol. The van der Waals surface area contributed by atoms with Gasteiger partial charge in [0.05, 0.1) is 0 Å². The van der Waals surface area contributed by atoms with Crippen molar-refractivity contribution in [2.75, 3.05) is 35.6 Å². The topological polar surface area (TPSA) is 123 Å². The van der Waals surface area contributed by atoms with Crippen LogP contribution in [-0.2, 0) is 0 Å². The summed E-state index contributed by atoms with van der Waals surface area (Å²) in [5.74, 6) is 0.295. The molecule has 0 saturated carbocycles. The molecular formula is C21H24F3N7O3. The summed E-state index contributed by atoms with van der Waals surface area (Å²) in [6, 6.07) is 3.33. The van der Waals surface area contributed by atoms with E-state index in [2.05, 4.69) is 25.2 Å². The number of fused-ring (bicyclic) bond motifs is 1. The molecule has 1 fully saturated rings. The predicted octanol–water partition coefficient (Wildman–Crippen LogP) is 3.85. The number of ether oxygens (including phenoxy) is 1. The average Bonchev–Trinajstić information content (AvgIpc) is 3.14. The molecule has 0 aliphatic carbocycles. The highest BCUT2D eigenvalue weighted by atomic mass is 19.4. The lowest BCUT2D eigenvalue weighted by Gasteiger charge is -2.41. The summed E-state index contributed by atoms with van der Waals surface area (Å²) in [4.78, 5) is 25.2. The van der Waals surface area contributed by atoms with E-state index in [1.165, 1.54) is 12.1 Å². The Morgan fingerprint density at radius 3 is 2.74 bits per heavy atom. The molecule has 34 heavy (non-hydrogen) atoms. The zero-order valence-corrected chi connectivity index (χ0v) is 18.8. The van der Waals surface area contributed by atoms with Crippen LogP contribution in [0.25, 0.3) is 11.1 Å². The summed E-state index contributed by atoms with van der Waals surface area (Å²) in [5.41, 5.74) is 8.35. The van der Waals surface area contributed by atoms with Crippen LogP contribution in [0, 0.1) is 13.8 Å². The number of aromatic nitrogens is 3. The van der Waals surface area contributed by atoms with E-state index in [0.29, 0.717) is 59.9 Å². The fourth-order valence-electron chi connectivity index (χ4n) is 3.97. The largest absolute Gasteiger partial charge is 0.573 e. The molecule has 1 atom stereocenters. The van der Waals surface area contributed by atoms with Gasteiger partial charge < -0.3 is 30.1 Å². The van der Waals surface area contributed by atoms with E-state index in [9.17, 15) is 18.0 Å². The number of urea groups is 1. The minimum absolute atomic E-state index is 0.0777. The van der Waals surface area contributed by atoms with Crippen molar-refractivity contribution in [3.63, 3.8) is 0 Å². The Kier molecular flexibility index (Phi) is 6.11. The number of hydrogen-bond acceptors (Lipinski definition) is 8. The van der Waals surface area contributed by atoms with E-state index in [1.54, 1.807) is 18.7 Å². The van der Waals surface area contributed by atoms with Crippen LogP contribution in [0.3, 0.4) is 0 Å². The van der Waals surface area contributed by atoms with Crippen LogP contribution in [0.1, 0.15) is 24.6 Å². The van der Waals surface area contributed by atoms with Crippen molar-refractivity contribution in [3.8, 4) is 5.75 Å². The highest BCUT2D eigenvalue weighted by Gasteiger charge is 2.33. The van der Waals surface area contributed by atoms with Crippen molar-refractivity contribution in [2.45, 2.75) is 39.6 Å². The number of nitrogens with one attached hydrogen (secondary N) is 1. The van der Waals surface area contributed by atoms with E-state index in [4.69, 9.17) is 10.3 Å². The van der Waals surface area contributed by atoms with Crippen molar-refractivity contribution in [3.05, 3.63) is 29.5 Å². The molecule has 182 valence electrons. The van der Waals surface area contributed by atoms with Gasteiger partial charge in [0.2, 0.25) is 11.5 Å². The van der Waals surface area contributed by atoms with Gasteiger partial charge in [0, 0.05) is 31.4 Å². The Hall–Kier alpha value is -3.77. The van der Waals surface area contributed by atoms with Crippen molar-refractivity contribution >= 4 is 34.6 Å². The van der Waals surface area contributed by atoms with Crippen LogP contribution in [0.5, 0.6) is 5.75 Å². The van der Waals surface area contributed by atoms with Crippen LogP contribution in [0.2, 0.25) is 0 Å². The maximum atomic E-state index is 12.9. The highest BCUT2D eigenvalue weighted by molar-refractivity contribution is 5.91. The second kappa shape index (κ2) is 8.88. The minimum atomic E-state index is -4.78. The Morgan fingerprint density at radius 2 is 2.06 bits per heavy atom. The number of piperazine rings is 1. The molecule has 0 radical (unpaired) electrons. The zero-order chi connectivity index (χ0) is 24.6. The molecule has 1 aliphatic rings. The zero-order valence-electron chi connectivity index (χ0n) is 18.8. The van der Waals surface area contributed by atoms with Crippen LogP contribution in [-0.4, -0.2) is 58.1 Å². The first-order valence-electron chi connectivity index (χ1n) is 10.6. The minimum Gasteiger partial charge on any atom is -0.406 e. The number of nitrogens with two attached hydrogens (primary N) is 1. The van der Waals surface area contributed by atoms with E-state index in [1.807, 2.05) is 11.8 Å². The number of halogens is 3. The van der Waals surface area contributed by atoms with Gasteiger partial charge in [-0.25, -0.2) is 9.78 Å². The first kappa shape index (κ1) is 23.4. The lowest BCUT2D eigenvalue weighted by atomic mass is 10.1. The number of nitrogens with zero attached hydrogens (tertiary/aromatic N) is 5. The fraction of sp³-hybridized carbons (Fsp3) is 0.429. The van der Waals surface area contributed by atoms with Crippen LogP contribution >= 0.6 is 0 Å². The third-order valence-corrected chi connectivity index (χ3v) is 5.67. The molecule has 3 N–H and O–H groups in total. The second-order valence-electron chi connectivity index (χ2n) is 8.01. The molecule has 13 heteroatoms. The number of alkyl halides is 3. The van der Waals surface area contributed by atoms with E-state index < -0.39 is 6.36 Å². The Morgan fingerprint density at radius 1 is 1.29 bits per heavy atom. The van der Waals surface area contributed by atoms with Gasteiger partial charge in [-0.3, -0.25) is 0 Å². The number of hydrogen-bond donors (Lipinski definition) is 2. The predicted molar refractivity (Wildman–Crippen MR) is 119 cm³/mol. The summed E-state index contributed by atoms with van der Waals surface area (Å²) in [5, 5.41) is 6.73. The molecule has 0 unspecified atom stereocenters. The molecule has 3 aromatic rings. The first-order chi connectivity index (χ1) is 16.1. The second-order valence-corrected chi connectivity index (χ2v) is 8.01. The number of aryl methyl sites for hydroxylation is 2. The SMILES string of the molecule is CC[C@H]1CN(C(=O)Nc2ccc(OC(F)(F)F)cc2C)CCN1c1nc(N)nc2c(C)noc12. The molecule has 2 aromatic heterocycles. The van der Waals surface area contributed by atoms with Gasteiger partial charge in [-0.2, -0.15) is 4.98 Å². The molecule has 1 aliphatic heterocycles. The Labute approximate surface area is 192 Å². The summed E-state index contributed by atoms with van der Waals surface area (Å²) in [7, 11) is 0. The molecule has 0 bridgehead atoms. The number of carbonyl (C=O) groups excluding carboxylic acids is 1. The molecule has 3 heterocycles. The quantitative estimate of drug-likeness (QED) is 0.579. The fourth-order valence-corrected chi connectivity index (χ4v) is 3.97. The maximum Gasteiger partial charge on any atom is 0.573 e. The molecule has 10 nitrogen and oxygen atoms in total. The van der Waals surface area contributed by atoms with Crippen LogP contribution < -0.4 is 20.7 Å². The van der Waals surface area contributed by atoms with Crippen LogP contribution in [0.4, 0.5) is 35.4 Å². The van der Waals surface area contributed by atoms with Crippen LogP contribution in [0.15, 0.2) is 22.7 Å². The van der Waals surface area contributed by atoms with Gasteiger partial charge in [-0.15, -0.1) is 13.2 Å². The number of anilines is 3. The highest BCUT2D eigenvalue weighted by Crippen LogP contribution is 2.31. The monoisotopic (exact) mass is 479 g/mol. The number of nitrogen functional groups attached to an aromatic ring is 1. The number of rotatable bonds is 4. The summed E-state index contributed by atoms with van der Waals surface area (Å²) < 4.78 is 46.7. The van der Waals surface area contributed by atoms with E-state index >= 15 is 0 Å². The number of benzene rings is 1. The van der Waals surface area contributed by atoms with Crippen molar-refractivity contribution < 1.29 is 27.2 Å². The first-order valence-corrected chi connectivity index (χ1v) is 10.6. The summed E-state index contributed by atoms with van der Waals surface area (Å²) in [6.07, 6.45) is -4.07. The lowest BCUT2D eigenvalue weighted by Crippen LogP contribution is -2.56. The van der Waals surface area contributed by atoms with Crippen molar-refractivity contribution in [1.29, 1.82) is 0 Å². The van der Waals surface area contributed by atoms with Gasteiger partial charge >= 0.3 is 12.4 Å². The Balaban J connectivity index is 1.48. The van der Waals surface area contributed by atoms with E-state index in [-0.39, 0.29) is 23.8 Å². The van der Waals surface area contributed by atoms with Gasteiger partial charge in [0.1, 0.15) is 17.0 Å². The Bertz CT molecular complexity index is 1210. The number of carbonyl (C=O) groups is 1. The number of amides is 2. The van der Waals surface area contributed by atoms with Gasteiger partial charge in [0.25, 0.3) is 0 Å². The molecule has 1 aromatic carbocycles. The van der Waals surface area contributed by atoms with Crippen molar-refractivity contribution in [2.24, 2.45) is 0 Å². The van der Waals surface area contributed by atoms with E-state index in [0.717, 1.165) is 6.07 Å². The summed E-state index contributed by atoms with van der Waals surface area (Å²) >= 11 is 0. The maximum absolute atomic E-state index is 12.9. The smallest absolute Gasteiger partial charge is 0.406 e. The van der Waals surface area contributed by atoms with Gasteiger partial charge in [-0.05, 0) is 44.0 Å². The standard InChI is InChI=1S/C21H24F3N7O3/c1-4-13-10-30(20(32)26-15-6-5-14(9-11(15)2)33-21(22,23)24)7-8-31(13)18-17-16(12(3)29-34-17)27-19(25)28-18/h5-6,9,13H,4,7-8,10H2,1-3H3,(H,26,32)(H2,25,27,28)/t13-/m0/s1. The van der Waals surface area contributed by atoms with Gasteiger partial charge in [-0.1, -0.05) is 12.1 Å². The molecule has 2 amide bonds. The van der Waals surface area contributed by atoms with Gasteiger partial charge in [0.15, 0.2) is 5.82 Å². The molecule has 4 rings (SSSR count). The third kappa shape index (κ3) is 4.77. The molecule has 0 spiro atoms. The average molecular weight is 479 g/mol. The normalized spacial score (nSPS) is 16.7. The summed E-state index contributed by atoms with van der Waals surface area (Å²) in [6.45, 7) is 6.61. The molecule has 1 saturated heterocycles.